The van der Waals surface area contributed by atoms with Crippen molar-refractivity contribution in [3.63, 3.8) is 0 Å². The van der Waals surface area contributed by atoms with Crippen LogP contribution >= 0.6 is 11.3 Å². The number of nitrogens with zero attached hydrogens (tertiary/aromatic N) is 1. The van der Waals surface area contributed by atoms with Crippen LogP contribution in [-0.2, 0) is 9.53 Å². The molecule has 5 heteroatoms. The van der Waals surface area contributed by atoms with Gasteiger partial charge in [0.2, 0.25) is 5.91 Å². The summed E-state index contributed by atoms with van der Waals surface area (Å²) < 4.78 is 5.52. The van der Waals surface area contributed by atoms with Crippen molar-refractivity contribution in [1.29, 1.82) is 0 Å². The zero-order chi connectivity index (χ0) is 14.0. The molecule has 4 nitrogen and oxygen atoms in total. The maximum Gasteiger partial charge on any atom is 0.244 e. The van der Waals surface area contributed by atoms with E-state index in [4.69, 9.17) is 4.74 Å². The third-order valence-electron chi connectivity index (χ3n) is 4.04. The molecule has 2 heterocycles. The number of carbonyl (C=O) groups excluding carboxylic acids is 1. The van der Waals surface area contributed by atoms with E-state index in [1.54, 1.807) is 11.3 Å². The highest BCUT2D eigenvalue weighted by Crippen LogP contribution is 2.46. The molecule has 1 aromatic heterocycles. The number of thiophene rings is 1. The first kappa shape index (κ1) is 14.0. The molecule has 1 unspecified atom stereocenters. The summed E-state index contributed by atoms with van der Waals surface area (Å²) in [5.74, 6) is 0.282. The average Bonchev–Trinajstić information content (AvgIpc) is 2.93. The molecule has 1 amide bonds. The molecule has 3 rings (SSSR count). The van der Waals surface area contributed by atoms with Crippen molar-refractivity contribution in [2.45, 2.75) is 44.3 Å². The maximum atomic E-state index is 12.5. The Morgan fingerprint density at radius 1 is 1.50 bits per heavy atom. The molecule has 1 N–H and O–H groups in total. The Labute approximate surface area is 124 Å². The second-order valence-electron chi connectivity index (χ2n) is 5.65. The Hall–Kier alpha value is -0.910. The van der Waals surface area contributed by atoms with Crippen molar-refractivity contribution in [1.82, 2.24) is 10.2 Å². The minimum absolute atomic E-state index is 0.0578. The van der Waals surface area contributed by atoms with E-state index in [0.717, 1.165) is 45.4 Å². The fourth-order valence-corrected chi connectivity index (χ4v) is 3.46. The quantitative estimate of drug-likeness (QED) is 0.786. The zero-order valence-corrected chi connectivity index (χ0v) is 12.7. The first-order chi connectivity index (χ1) is 9.77. The van der Waals surface area contributed by atoms with Crippen LogP contribution in [0.2, 0.25) is 0 Å². The number of rotatable bonds is 7. The molecule has 20 heavy (non-hydrogen) atoms. The van der Waals surface area contributed by atoms with Crippen LogP contribution in [0.1, 0.15) is 44.3 Å². The fourth-order valence-electron chi connectivity index (χ4n) is 2.78. The molecule has 2 fully saturated rings. The molecule has 1 saturated heterocycles. The summed E-state index contributed by atoms with van der Waals surface area (Å²) in [7, 11) is 0. The van der Waals surface area contributed by atoms with Crippen molar-refractivity contribution in [3.8, 4) is 0 Å². The number of carbonyl (C=O) groups is 1. The van der Waals surface area contributed by atoms with Crippen LogP contribution in [0.3, 0.4) is 0 Å². The lowest BCUT2D eigenvalue weighted by molar-refractivity contribution is -0.131. The van der Waals surface area contributed by atoms with E-state index in [9.17, 15) is 4.79 Å². The smallest absolute Gasteiger partial charge is 0.244 e. The predicted molar refractivity (Wildman–Crippen MR) is 79.6 cm³/mol. The average molecular weight is 294 g/mol. The standard InChI is InChI=1S/C15H22N2O2S/c1-2-8-19-9-3-7-17-13(12-4-10-20-11-12)16-15(5-6-15)14(17)18/h4,10-11,13,16H,2-3,5-9H2,1H3. The normalized spacial score (nSPS) is 23.8. The molecule has 0 aromatic carbocycles. The number of ether oxygens (including phenoxy) is 1. The second-order valence-corrected chi connectivity index (χ2v) is 6.43. The summed E-state index contributed by atoms with van der Waals surface area (Å²) in [6, 6.07) is 2.11. The lowest BCUT2D eigenvalue weighted by Crippen LogP contribution is -2.33. The molecule has 1 saturated carbocycles. The van der Waals surface area contributed by atoms with Gasteiger partial charge in [0.1, 0.15) is 11.7 Å². The Bertz CT molecular complexity index is 456. The lowest BCUT2D eigenvalue weighted by atomic mass is 10.2. The van der Waals surface area contributed by atoms with Gasteiger partial charge in [-0.2, -0.15) is 11.3 Å². The first-order valence-corrected chi connectivity index (χ1v) is 8.40. The van der Waals surface area contributed by atoms with Gasteiger partial charge in [-0.3, -0.25) is 10.1 Å². The monoisotopic (exact) mass is 294 g/mol. The van der Waals surface area contributed by atoms with E-state index in [1.807, 2.05) is 4.90 Å². The topological polar surface area (TPSA) is 41.6 Å². The molecule has 1 atom stereocenters. The van der Waals surface area contributed by atoms with Crippen molar-refractivity contribution >= 4 is 17.2 Å². The van der Waals surface area contributed by atoms with Crippen LogP contribution in [0.5, 0.6) is 0 Å². The summed E-state index contributed by atoms with van der Waals surface area (Å²) >= 11 is 1.68. The summed E-state index contributed by atoms with van der Waals surface area (Å²) in [6.45, 7) is 4.43. The molecule has 1 aromatic rings. The largest absolute Gasteiger partial charge is 0.381 e. The molecule has 2 aliphatic rings. The van der Waals surface area contributed by atoms with Crippen LogP contribution in [0.15, 0.2) is 16.8 Å². The molecular formula is C15H22N2O2S. The third kappa shape index (κ3) is 2.62. The number of nitrogens with one attached hydrogen (secondary N) is 1. The third-order valence-corrected chi connectivity index (χ3v) is 4.74. The predicted octanol–water partition coefficient (Wildman–Crippen LogP) is 2.53. The van der Waals surface area contributed by atoms with Gasteiger partial charge in [0.15, 0.2) is 0 Å². The Morgan fingerprint density at radius 2 is 2.35 bits per heavy atom. The minimum Gasteiger partial charge on any atom is -0.381 e. The Kier molecular flexibility index (Phi) is 4.10. The molecule has 1 aliphatic carbocycles. The summed E-state index contributed by atoms with van der Waals surface area (Å²) in [6.07, 6.45) is 3.97. The van der Waals surface area contributed by atoms with Gasteiger partial charge >= 0.3 is 0 Å². The van der Waals surface area contributed by atoms with E-state index in [0.29, 0.717) is 0 Å². The lowest BCUT2D eigenvalue weighted by Gasteiger charge is -2.23. The highest BCUT2D eigenvalue weighted by Gasteiger charge is 2.59. The first-order valence-electron chi connectivity index (χ1n) is 7.45. The maximum absolute atomic E-state index is 12.5. The number of hydrogen-bond acceptors (Lipinski definition) is 4. The van der Waals surface area contributed by atoms with Gasteiger partial charge in [0.05, 0.1) is 0 Å². The summed E-state index contributed by atoms with van der Waals surface area (Å²) in [5.41, 5.74) is 0.971. The van der Waals surface area contributed by atoms with Gasteiger partial charge in [-0.1, -0.05) is 6.92 Å². The Morgan fingerprint density at radius 3 is 3.00 bits per heavy atom. The van der Waals surface area contributed by atoms with Crippen LogP contribution in [0, 0.1) is 0 Å². The molecule has 0 radical (unpaired) electrons. The van der Waals surface area contributed by atoms with Gasteiger partial charge in [-0.25, -0.2) is 0 Å². The molecular weight excluding hydrogens is 272 g/mol. The van der Waals surface area contributed by atoms with E-state index in [-0.39, 0.29) is 17.6 Å². The number of hydrogen-bond donors (Lipinski definition) is 1. The molecule has 0 bridgehead atoms. The van der Waals surface area contributed by atoms with Crippen molar-refractivity contribution in [3.05, 3.63) is 22.4 Å². The van der Waals surface area contributed by atoms with E-state index < -0.39 is 0 Å². The van der Waals surface area contributed by atoms with Crippen molar-refractivity contribution < 1.29 is 9.53 Å². The summed E-state index contributed by atoms with van der Waals surface area (Å²) in [5, 5.41) is 7.74. The highest BCUT2D eigenvalue weighted by molar-refractivity contribution is 7.07. The highest BCUT2D eigenvalue weighted by atomic mass is 32.1. The van der Waals surface area contributed by atoms with Gasteiger partial charge in [-0.05, 0) is 48.1 Å². The fraction of sp³-hybridized carbons (Fsp3) is 0.667. The van der Waals surface area contributed by atoms with Crippen molar-refractivity contribution in [2.24, 2.45) is 0 Å². The van der Waals surface area contributed by atoms with Crippen LogP contribution in [0.25, 0.3) is 0 Å². The van der Waals surface area contributed by atoms with E-state index >= 15 is 0 Å². The van der Waals surface area contributed by atoms with Gasteiger partial charge in [-0.15, -0.1) is 0 Å². The second kappa shape index (κ2) is 5.84. The van der Waals surface area contributed by atoms with E-state index in [1.165, 1.54) is 5.56 Å². The van der Waals surface area contributed by atoms with E-state index in [2.05, 4.69) is 29.1 Å². The Balaban J connectivity index is 1.61. The molecule has 110 valence electrons. The van der Waals surface area contributed by atoms with Gasteiger partial charge < -0.3 is 9.64 Å². The van der Waals surface area contributed by atoms with Gasteiger partial charge in [0.25, 0.3) is 0 Å². The summed E-state index contributed by atoms with van der Waals surface area (Å²) in [4.78, 5) is 14.5. The molecule has 1 spiro atoms. The van der Waals surface area contributed by atoms with Crippen LogP contribution in [-0.4, -0.2) is 36.1 Å². The van der Waals surface area contributed by atoms with Crippen molar-refractivity contribution in [2.75, 3.05) is 19.8 Å². The SMILES string of the molecule is CCCOCCCN1C(=O)C2(CC2)NC1c1ccsc1. The minimum atomic E-state index is -0.239. The molecule has 1 aliphatic heterocycles. The number of amides is 1. The van der Waals surface area contributed by atoms with Crippen LogP contribution in [0.4, 0.5) is 0 Å². The zero-order valence-electron chi connectivity index (χ0n) is 11.9. The van der Waals surface area contributed by atoms with Crippen LogP contribution < -0.4 is 5.32 Å². The van der Waals surface area contributed by atoms with Gasteiger partial charge in [0, 0.05) is 19.8 Å².